The normalized spacial score (nSPS) is 33.8. The highest BCUT2D eigenvalue weighted by molar-refractivity contribution is 5.80. The molecule has 6 heteroatoms. The van der Waals surface area contributed by atoms with Crippen LogP contribution in [0.3, 0.4) is 0 Å². The van der Waals surface area contributed by atoms with Crippen LogP contribution in [0, 0.1) is 5.92 Å². The second-order valence-electron chi connectivity index (χ2n) is 6.47. The van der Waals surface area contributed by atoms with Crippen molar-refractivity contribution in [2.24, 2.45) is 5.92 Å². The second kappa shape index (κ2) is 6.20. The average molecular weight is 301 g/mol. The molecule has 0 aromatic rings. The van der Waals surface area contributed by atoms with Crippen LogP contribution in [0.1, 0.15) is 33.6 Å². The zero-order valence-electron chi connectivity index (χ0n) is 13.3. The summed E-state index contributed by atoms with van der Waals surface area (Å²) in [6.07, 6.45) is -0.0670. The van der Waals surface area contributed by atoms with Crippen molar-refractivity contribution in [2.75, 3.05) is 20.2 Å². The van der Waals surface area contributed by atoms with E-state index in [4.69, 9.17) is 9.47 Å². The van der Waals surface area contributed by atoms with Gasteiger partial charge < -0.3 is 19.7 Å². The molecule has 5 atom stereocenters. The molecule has 2 saturated heterocycles. The van der Waals surface area contributed by atoms with Crippen LogP contribution in [0.15, 0.2) is 0 Å². The summed E-state index contributed by atoms with van der Waals surface area (Å²) in [4.78, 5) is 14.7. The molecule has 2 rings (SSSR count). The predicted octanol–water partition coefficient (Wildman–Crippen LogP) is 0.159. The Bertz CT molecular complexity index is 388. The Morgan fingerprint density at radius 1 is 1.29 bits per heavy atom. The Balaban J connectivity index is 2.09. The fraction of sp³-hybridized carbons (Fsp3) is 0.933. The largest absolute Gasteiger partial charge is 0.458 e. The Morgan fingerprint density at radius 3 is 2.48 bits per heavy atom. The number of carbonyl (C=O) groups is 1. The van der Waals surface area contributed by atoms with E-state index in [0.29, 0.717) is 12.8 Å². The third-order valence-electron chi connectivity index (χ3n) is 5.05. The number of aliphatic hydroxyl groups excluding tert-OH is 1. The first-order valence-corrected chi connectivity index (χ1v) is 7.70. The molecule has 0 spiro atoms. The highest BCUT2D eigenvalue weighted by Crippen LogP contribution is 2.33. The zero-order chi connectivity index (χ0) is 15.8. The lowest BCUT2D eigenvalue weighted by atomic mass is 9.85. The molecule has 6 nitrogen and oxygen atoms in total. The van der Waals surface area contributed by atoms with Gasteiger partial charge >= 0.3 is 5.97 Å². The summed E-state index contributed by atoms with van der Waals surface area (Å²) in [6.45, 7) is 6.85. The standard InChI is InChI=1S/C15H27NO5/c1-9(2)15(19,10(3)20-4)14(18)21-12-6-8-16-7-5-11(17)13(12)16/h9-13,17,19H,5-8H2,1-4H3/t10-,11+,12+,13+,15+/m1/s1. The average Bonchev–Trinajstić information content (AvgIpc) is 3.01. The predicted molar refractivity (Wildman–Crippen MR) is 76.7 cm³/mol. The van der Waals surface area contributed by atoms with E-state index >= 15 is 0 Å². The molecule has 2 aliphatic heterocycles. The van der Waals surface area contributed by atoms with E-state index in [-0.39, 0.29) is 18.1 Å². The molecule has 0 radical (unpaired) electrons. The Hall–Kier alpha value is -0.690. The van der Waals surface area contributed by atoms with E-state index in [2.05, 4.69) is 4.90 Å². The van der Waals surface area contributed by atoms with Crippen molar-refractivity contribution in [1.29, 1.82) is 0 Å². The van der Waals surface area contributed by atoms with Gasteiger partial charge in [-0.2, -0.15) is 0 Å². The SMILES string of the molecule is CO[C@H](C)[C@](O)(C(=O)O[C@H]1CCN2CC[C@H](O)[C@@H]12)C(C)C. The van der Waals surface area contributed by atoms with Crippen molar-refractivity contribution >= 4 is 5.97 Å². The van der Waals surface area contributed by atoms with Gasteiger partial charge in [0.25, 0.3) is 0 Å². The maximum Gasteiger partial charge on any atom is 0.341 e. The quantitative estimate of drug-likeness (QED) is 0.704. The summed E-state index contributed by atoms with van der Waals surface area (Å²) in [7, 11) is 1.46. The third-order valence-corrected chi connectivity index (χ3v) is 5.05. The molecule has 2 heterocycles. The first kappa shape index (κ1) is 16.7. The lowest BCUT2D eigenvalue weighted by molar-refractivity contribution is -0.194. The topological polar surface area (TPSA) is 79.2 Å². The number of esters is 1. The summed E-state index contributed by atoms with van der Waals surface area (Å²) < 4.78 is 10.7. The van der Waals surface area contributed by atoms with Crippen LogP contribution in [0.2, 0.25) is 0 Å². The number of hydrogen-bond donors (Lipinski definition) is 2. The number of hydrogen-bond acceptors (Lipinski definition) is 6. The molecular formula is C15H27NO5. The first-order chi connectivity index (χ1) is 9.82. The highest BCUT2D eigenvalue weighted by Gasteiger charge is 2.51. The summed E-state index contributed by atoms with van der Waals surface area (Å²) in [6, 6.07) is -0.136. The third kappa shape index (κ3) is 2.82. The van der Waals surface area contributed by atoms with Crippen molar-refractivity contribution in [3.05, 3.63) is 0 Å². The van der Waals surface area contributed by atoms with Gasteiger partial charge in [-0.05, 0) is 25.7 Å². The van der Waals surface area contributed by atoms with Crippen molar-refractivity contribution in [2.45, 2.75) is 63.6 Å². The number of methoxy groups -OCH3 is 1. The molecule has 0 unspecified atom stereocenters. The number of nitrogens with zero attached hydrogens (tertiary/aromatic N) is 1. The molecule has 21 heavy (non-hydrogen) atoms. The first-order valence-electron chi connectivity index (χ1n) is 7.70. The minimum atomic E-state index is -1.67. The summed E-state index contributed by atoms with van der Waals surface area (Å²) in [5, 5.41) is 20.7. The van der Waals surface area contributed by atoms with Gasteiger partial charge in [0, 0.05) is 20.2 Å². The lowest BCUT2D eigenvalue weighted by Gasteiger charge is -2.36. The highest BCUT2D eigenvalue weighted by atomic mass is 16.6. The molecule has 0 aliphatic carbocycles. The summed E-state index contributed by atoms with van der Waals surface area (Å²) in [5.41, 5.74) is -1.67. The van der Waals surface area contributed by atoms with Gasteiger partial charge in [-0.1, -0.05) is 13.8 Å². The molecule has 0 aromatic heterocycles. The Morgan fingerprint density at radius 2 is 1.90 bits per heavy atom. The van der Waals surface area contributed by atoms with Gasteiger partial charge in [0.1, 0.15) is 6.10 Å². The van der Waals surface area contributed by atoms with Crippen molar-refractivity contribution in [3.63, 3.8) is 0 Å². The van der Waals surface area contributed by atoms with E-state index in [1.54, 1.807) is 20.8 Å². The minimum Gasteiger partial charge on any atom is -0.458 e. The van der Waals surface area contributed by atoms with Gasteiger partial charge in [0.15, 0.2) is 5.60 Å². The van der Waals surface area contributed by atoms with Crippen LogP contribution in [0.25, 0.3) is 0 Å². The Kier molecular flexibility index (Phi) is 4.92. The van der Waals surface area contributed by atoms with Crippen molar-refractivity contribution in [3.8, 4) is 0 Å². The molecule has 2 aliphatic rings. The van der Waals surface area contributed by atoms with E-state index in [1.807, 2.05) is 0 Å². The maximum absolute atomic E-state index is 12.5. The smallest absolute Gasteiger partial charge is 0.341 e. The molecule has 2 N–H and O–H groups in total. The van der Waals surface area contributed by atoms with Gasteiger partial charge in [0.05, 0.1) is 18.2 Å². The van der Waals surface area contributed by atoms with Gasteiger partial charge in [-0.25, -0.2) is 4.79 Å². The molecule has 0 bridgehead atoms. The van der Waals surface area contributed by atoms with Gasteiger partial charge in [-0.15, -0.1) is 0 Å². The molecule has 122 valence electrons. The molecular weight excluding hydrogens is 274 g/mol. The van der Waals surface area contributed by atoms with Crippen LogP contribution in [-0.2, 0) is 14.3 Å². The van der Waals surface area contributed by atoms with Crippen LogP contribution in [-0.4, -0.2) is 71.2 Å². The van der Waals surface area contributed by atoms with Crippen molar-refractivity contribution in [1.82, 2.24) is 4.90 Å². The molecule has 0 aromatic carbocycles. The zero-order valence-corrected chi connectivity index (χ0v) is 13.3. The maximum atomic E-state index is 12.5. The van der Waals surface area contributed by atoms with E-state index < -0.39 is 23.8 Å². The number of rotatable bonds is 5. The summed E-state index contributed by atoms with van der Waals surface area (Å²) >= 11 is 0. The molecule has 2 fully saturated rings. The molecule has 0 saturated carbocycles. The van der Waals surface area contributed by atoms with E-state index in [1.165, 1.54) is 7.11 Å². The van der Waals surface area contributed by atoms with E-state index in [0.717, 1.165) is 13.1 Å². The number of ether oxygens (including phenoxy) is 2. The second-order valence-corrected chi connectivity index (χ2v) is 6.47. The number of aliphatic hydroxyl groups is 2. The number of fused-ring (bicyclic) bond motifs is 1. The van der Waals surface area contributed by atoms with Crippen LogP contribution in [0.5, 0.6) is 0 Å². The van der Waals surface area contributed by atoms with Crippen LogP contribution < -0.4 is 0 Å². The lowest BCUT2D eigenvalue weighted by Crippen LogP contribution is -2.55. The van der Waals surface area contributed by atoms with Crippen LogP contribution >= 0.6 is 0 Å². The number of carbonyl (C=O) groups excluding carboxylic acids is 1. The van der Waals surface area contributed by atoms with Gasteiger partial charge in [0.2, 0.25) is 0 Å². The summed E-state index contributed by atoms with van der Waals surface area (Å²) in [5.74, 6) is -0.983. The minimum absolute atomic E-state index is 0.136. The monoisotopic (exact) mass is 301 g/mol. The fourth-order valence-corrected chi connectivity index (χ4v) is 3.48. The van der Waals surface area contributed by atoms with Crippen LogP contribution in [0.4, 0.5) is 0 Å². The Labute approximate surface area is 126 Å². The fourth-order valence-electron chi connectivity index (χ4n) is 3.48. The van der Waals surface area contributed by atoms with Crippen molar-refractivity contribution < 1.29 is 24.5 Å². The molecule has 0 amide bonds. The van der Waals surface area contributed by atoms with Gasteiger partial charge in [-0.3, -0.25) is 4.90 Å². The van der Waals surface area contributed by atoms with E-state index in [9.17, 15) is 15.0 Å².